The Bertz CT molecular complexity index is 1130. The van der Waals surface area contributed by atoms with Crippen molar-refractivity contribution in [2.45, 2.75) is 59.4 Å². The Labute approximate surface area is 193 Å². The largest absolute Gasteiger partial charge is 0.485 e. The van der Waals surface area contributed by atoms with E-state index in [9.17, 15) is 14.7 Å². The van der Waals surface area contributed by atoms with Gasteiger partial charge in [-0.1, -0.05) is 36.8 Å². The first-order valence-electron chi connectivity index (χ1n) is 11.0. The number of aliphatic hydroxyl groups is 1. The highest BCUT2D eigenvalue weighted by molar-refractivity contribution is 5.89. The molecule has 0 aliphatic rings. The summed E-state index contributed by atoms with van der Waals surface area (Å²) in [5.41, 5.74) is 1.53. The van der Waals surface area contributed by atoms with Gasteiger partial charge in [0.15, 0.2) is 12.4 Å². The second-order valence-electron chi connectivity index (χ2n) is 8.61. The molecule has 3 aromatic rings. The number of esters is 1. The van der Waals surface area contributed by atoms with Crippen molar-refractivity contribution in [3.8, 4) is 5.75 Å². The zero-order valence-corrected chi connectivity index (χ0v) is 19.6. The summed E-state index contributed by atoms with van der Waals surface area (Å²) < 4.78 is 14.1. The third-order valence-corrected chi connectivity index (χ3v) is 5.10. The number of ether oxygens (including phenoxy) is 2. The molecule has 1 aromatic heterocycles. The van der Waals surface area contributed by atoms with Gasteiger partial charge in [0.05, 0.1) is 18.7 Å². The Morgan fingerprint density at radius 3 is 2.36 bits per heavy atom. The van der Waals surface area contributed by atoms with Crippen LogP contribution < -0.4 is 10.4 Å². The van der Waals surface area contributed by atoms with Crippen LogP contribution in [0.3, 0.4) is 0 Å². The van der Waals surface area contributed by atoms with Gasteiger partial charge in [0.1, 0.15) is 11.4 Å². The van der Waals surface area contributed by atoms with Crippen molar-refractivity contribution in [1.29, 1.82) is 0 Å². The lowest BCUT2D eigenvalue weighted by Gasteiger charge is -2.23. The predicted octanol–water partition coefficient (Wildman–Crippen LogP) is 3.32. The highest BCUT2D eigenvalue weighted by Gasteiger charge is 2.19. The van der Waals surface area contributed by atoms with Gasteiger partial charge in [-0.25, -0.2) is 14.3 Å². The van der Waals surface area contributed by atoms with Crippen LogP contribution in [-0.4, -0.2) is 37.6 Å². The molecule has 0 spiro atoms. The van der Waals surface area contributed by atoms with Crippen molar-refractivity contribution in [2.75, 3.05) is 6.61 Å². The second-order valence-corrected chi connectivity index (χ2v) is 8.61. The number of benzene rings is 2. The molecular formula is C25H31N3O5. The van der Waals surface area contributed by atoms with Crippen LogP contribution in [0.1, 0.15) is 54.5 Å². The van der Waals surface area contributed by atoms with Crippen LogP contribution in [0.5, 0.6) is 5.75 Å². The average molecular weight is 454 g/mol. The van der Waals surface area contributed by atoms with Gasteiger partial charge in [0.2, 0.25) is 0 Å². The number of nitrogens with zero attached hydrogens (tertiary/aromatic N) is 3. The molecule has 8 nitrogen and oxygen atoms in total. The predicted molar refractivity (Wildman–Crippen MR) is 124 cm³/mol. The van der Waals surface area contributed by atoms with Gasteiger partial charge < -0.3 is 14.6 Å². The number of aromatic nitrogens is 3. The Kier molecular flexibility index (Phi) is 7.71. The fourth-order valence-electron chi connectivity index (χ4n) is 3.23. The van der Waals surface area contributed by atoms with Crippen molar-refractivity contribution < 1.29 is 19.4 Å². The van der Waals surface area contributed by atoms with Crippen LogP contribution in [0.2, 0.25) is 0 Å². The van der Waals surface area contributed by atoms with Gasteiger partial charge >= 0.3 is 11.7 Å². The fraction of sp³-hybridized carbons (Fsp3) is 0.400. The number of aliphatic hydroxyl groups excluding tert-OH is 1. The number of hydrogen-bond donors (Lipinski definition) is 1. The van der Waals surface area contributed by atoms with E-state index in [0.717, 1.165) is 17.5 Å². The molecule has 0 aliphatic carbocycles. The smallest absolute Gasteiger partial charge is 0.346 e. The van der Waals surface area contributed by atoms with Gasteiger partial charge in [-0.3, -0.25) is 4.57 Å². The van der Waals surface area contributed by atoms with Gasteiger partial charge in [0, 0.05) is 6.54 Å². The number of carbonyl (C=O) groups excluding carboxylic acids is 1. The third-order valence-electron chi connectivity index (χ3n) is 5.10. The number of rotatable bonds is 10. The summed E-state index contributed by atoms with van der Waals surface area (Å²) in [7, 11) is 0. The molecule has 176 valence electrons. The summed E-state index contributed by atoms with van der Waals surface area (Å²) >= 11 is 0. The van der Waals surface area contributed by atoms with E-state index in [0.29, 0.717) is 30.2 Å². The molecule has 0 fully saturated rings. The van der Waals surface area contributed by atoms with Gasteiger partial charge in [-0.2, -0.15) is 5.10 Å². The molecule has 0 saturated heterocycles. The first-order chi connectivity index (χ1) is 15.7. The Morgan fingerprint density at radius 2 is 1.76 bits per heavy atom. The lowest BCUT2D eigenvalue weighted by atomic mass is 10.1. The quantitative estimate of drug-likeness (QED) is 0.473. The average Bonchev–Trinajstić information content (AvgIpc) is 3.08. The van der Waals surface area contributed by atoms with Crippen molar-refractivity contribution >= 4 is 5.97 Å². The minimum atomic E-state index is -0.720. The zero-order chi connectivity index (χ0) is 24.0. The van der Waals surface area contributed by atoms with Gasteiger partial charge in [-0.15, -0.1) is 0 Å². The molecule has 0 aliphatic heterocycles. The maximum absolute atomic E-state index is 12.8. The molecule has 33 heavy (non-hydrogen) atoms. The molecule has 0 amide bonds. The zero-order valence-electron chi connectivity index (χ0n) is 19.6. The molecule has 8 heteroatoms. The highest BCUT2D eigenvalue weighted by atomic mass is 16.5. The molecule has 0 radical (unpaired) electrons. The van der Waals surface area contributed by atoms with E-state index in [1.807, 2.05) is 38.1 Å². The van der Waals surface area contributed by atoms with E-state index in [-0.39, 0.29) is 18.9 Å². The summed E-state index contributed by atoms with van der Waals surface area (Å²) in [6, 6.07) is 14.4. The van der Waals surface area contributed by atoms with Crippen LogP contribution in [0, 0.1) is 6.92 Å². The van der Waals surface area contributed by atoms with Crippen molar-refractivity contribution in [1.82, 2.24) is 14.3 Å². The van der Waals surface area contributed by atoms with Crippen LogP contribution in [0.25, 0.3) is 0 Å². The lowest BCUT2D eigenvalue weighted by molar-refractivity contribution is 0.0410. The molecule has 0 bridgehead atoms. The molecule has 0 saturated carbocycles. The monoisotopic (exact) mass is 453 g/mol. The number of carbonyl (C=O) groups is 1. The van der Waals surface area contributed by atoms with E-state index in [1.165, 1.54) is 4.68 Å². The molecule has 0 unspecified atom stereocenters. The SMILES string of the molecule is CCCn1c(COC(=O)c2ccc(OC(C)(C)CO)cc2)nn(Cc2ccc(C)cc2)c1=O. The van der Waals surface area contributed by atoms with Crippen LogP contribution >= 0.6 is 0 Å². The van der Waals surface area contributed by atoms with Crippen molar-refractivity contribution in [3.05, 3.63) is 81.5 Å². The minimum Gasteiger partial charge on any atom is -0.485 e. The van der Waals surface area contributed by atoms with E-state index in [2.05, 4.69) is 5.10 Å². The molecular weight excluding hydrogens is 422 g/mol. The standard InChI is InChI=1S/C25H31N3O5/c1-5-14-27-22(26-28(24(27)31)15-19-8-6-18(2)7-9-19)16-32-23(30)20-10-12-21(13-11-20)33-25(3,4)17-29/h6-13,29H,5,14-17H2,1-4H3. The summed E-state index contributed by atoms with van der Waals surface area (Å²) in [6.45, 7) is 8.12. The van der Waals surface area contributed by atoms with Crippen molar-refractivity contribution in [3.63, 3.8) is 0 Å². The highest BCUT2D eigenvalue weighted by Crippen LogP contribution is 2.19. The molecule has 1 heterocycles. The van der Waals surface area contributed by atoms with Gasteiger partial charge in [-0.05, 0) is 57.0 Å². The summed E-state index contributed by atoms with van der Waals surface area (Å²) in [4.78, 5) is 25.4. The van der Waals surface area contributed by atoms with E-state index >= 15 is 0 Å². The molecule has 2 aromatic carbocycles. The maximum atomic E-state index is 12.8. The Hall–Kier alpha value is -3.39. The summed E-state index contributed by atoms with van der Waals surface area (Å²) in [5.74, 6) is 0.427. The van der Waals surface area contributed by atoms with Crippen LogP contribution in [0.4, 0.5) is 0 Å². The number of aryl methyl sites for hydroxylation is 1. The maximum Gasteiger partial charge on any atom is 0.346 e. The lowest BCUT2D eigenvalue weighted by Crippen LogP contribution is -2.32. The first-order valence-corrected chi connectivity index (χ1v) is 11.0. The Balaban J connectivity index is 1.70. The first kappa shape index (κ1) is 24.3. The third kappa shape index (κ3) is 6.32. The molecule has 0 atom stereocenters. The Morgan fingerprint density at radius 1 is 1.09 bits per heavy atom. The summed E-state index contributed by atoms with van der Waals surface area (Å²) in [6.07, 6.45) is 0.753. The topological polar surface area (TPSA) is 95.6 Å². The van der Waals surface area contributed by atoms with E-state index < -0.39 is 11.6 Å². The van der Waals surface area contributed by atoms with Gasteiger partial charge in [0.25, 0.3) is 0 Å². The normalized spacial score (nSPS) is 11.4. The van der Waals surface area contributed by atoms with Crippen LogP contribution in [-0.2, 0) is 24.4 Å². The van der Waals surface area contributed by atoms with E-state index in [1.54, 1.807) is 42.7 Å². The second kappa shape index (κ2) is 10.5. The minimum absolute atomic E-state index is 0.106. The fourth-order valence-corrected chi connectivity index (χ4v) is 3.23. The van der Waals surface area contributed by atoms with E-state index in [4.69, 9.17) is 9.47 Å². The van der Waals surface area contributed by atoms with Crippen LogP contribution in [0.15, 0.2) is 53.3 Å². The van der Waals surface area contributed by atoms with Crippen molar-refractivity contribution in [2.24, 2.45) is 0 Å². The molecule has 1 N–H and O–H groups in total. The summed E-state index contributed by atoms with van der Waals surface area (Å²) in [5, 5.41) is 13.7. The molecule has 3 rings (SSSR count). The number of hydrogen-bond acceptors (Lipinski definition) is 6.